The van der Waals surface area contributed by atoms with E-state index in [2.05, 4.69) is 10.6 Å². The fraction of sp³-hybridized carbons (Fsp3) is 0.222. The van der Waals surface area contributed by atoms with Crippen molar-refractivity contribution in [2.75, 3.05) is 23.4 Å². The second kappa shape index (κ2) is 11.1. The van der Waals surface area contributed by atoms with E-state index in [0.717, 1.165) is 11.1 Å². The maximum Gasteiger partial charge on any atom is 0.262 e. The molecule has 180 valence electrons. The van der Waals surface area contributed by atoms with E-state index in [-0.39, 0.29) is 30.7 Å². The van der Waals surface area contributed by atoms with Crippen LogP contribution in [0.1, 0.15) is 17.5 Å². The molecule has 3 amide bonds. The van der Waals surface area contributed by atoms with Crippen LogP contribution in [0.4, 0.5) is 11.4 Å². The number of hydrogen-bond acceptors (Lipinski definition) is 4. The number of ether oxygens (including phenoxy) is 1. The summed E-state index contributed by atoms with van der Waals surface area (Å²) in [5, 5.41) is 6.26. The molecule has 3 aromatic carbocycles. The Kier molecular flexibility index (Phi) is 7.67. The Bertz CT molecular complexity index is 1210. The number of halogens is 1. The average molecular weight is 492 g/mol. The lowest BCUT2D eigenvalue weighted by Crippen LogP contribution is -2.32. The monoisotopic (exact) mass is 491 g/mol. The number of aryl methyl sites for hydroxylation is 1. The van der Waals surface area contributed by atoms with E-state index in [9.17, 15) is 14.4 Å². The van der Waals surface area contributed by atoms with Gasteiger partial charge in [-0.3, -0.25) is 14.4 Å². The highest BCUT2D eigenvalue weighted by Crippen LogP contribution is 2.27. The normalized spacial score (nSPS) is 15.1. The van der Waals surface area contributed by atoms with Crippen LogP contribution >= 0.6 is 11.6 Å². The van der Waals surface area contributed by atoms with Gasteiger partial charge in [0.25, 0.3) is 5.91 Å². The Morgan fingerprint density at radius 2 is 1.74 bits per heavy atom. The van der Waals surface area contributed by atoms with Gasteiger partial charge in [-0.05, 0) is 66.6 Å². The van der Waals surface area contributed by atoms with Gasteiger partial charge in [-0.1, -0.05) is 35.9 Å². The van der Waals surface area contributed by atoms with Gasteiger partial charge in [0, 0.05) is 35.9 Å². The maximum atomic E-state index is 12.6. The van der Waals surface area contributed by atoms with Crippen LogP contribution in [-0.2, 0) is 20.9 Å². The summed E-state index contributed by atoms with van der Waals surface area (Å²) < 4.78 is 5.55. The first-order chi connectivity index (χ1) is 16.9. The molecular weight excluding hydrogens is 466 g/mol. The SMILES string of the molecule is Cc1ccccc1CNC(=O)[C@@H]1CC(=O)N(c2ccc(OCC(=O)Nc3ccc(Cl)cc3)cc2)C1. The Balaban J connectivity index is 1.27. The third-order valence-corrected chi connectivity index (χ3v) is 6.11. The zero-order chi connectivity index (χ0) is 24.8. The predicted octanol–water partition coefficient (Wildman–Crippen LogP) is 4.34. The second-order valence-corrected chi connectivity index (χ2v) is 8.82. The van der Waals surface area contributed by atoms with Gasteiger partial charge in [0.2, 0.25) is 11.8 Å². The van der Waals surface area contributed by atoms with Gasteiger partial charge in [-0.2, -0.15) is 0 Å². The second-order valence-electron chi connectivity index (χ2n) is 8.39. The highest BCUT2D eigenvalue weighted by atomic mass is 35.5. The number of amides is 3. The maximum absolute atomic E-state index is 12.6. The molecule has 4 rings (SSSR count). The van der Waals surface area contributed by atoms with Crippen molar-refractivity contribution >= 4 is 40.7 Å². The number of anilines is 2. The molecule has 0 aliphatic carbocycles. The minimum Gasteiger partial charge on any atom is -0.484 e. The number of carbonyl (C=O) groups excluding carboxylic acids is 3. The van der Waals surface area contributed by atoms with Crippen molar-refractivity contribution in [1.82, 2.24) is 5.32 Å². The van der Waals surface area contributed by atoms with Gasteiger partial charge in [-0.25, -0.2) is 0 Å². The highest BCUT2D eigenvalue weighted by Gasteiger charge is 2.35. The zero-order valence-electron chi connectivity index (χ0n) is 19.3. The van der Waals surface area contributed by atoms with Crippen LogP contribution in [0.15, 0.2) is 72.8 Å². The Morgan fingerprint density at radius 1 is 1.03 bits per heavy atom. The van der Waals surface area contributed by atoms with Crippen molar-refractivity contribution in [3.05, 3.63) is 88.9 Å². The van der Waals surface area contributed by atoms with E-state index in [1.165, 1.54) is 0 Å². The summed E-state index contributed by atoms with van der Waals surface area (Å²) in [5.41, 5.74) is 3.48. The van der Waals surface area contributed by atoms with Gasteiger partial charge in [0.1, 0.15) is 5.75 Å². The van der Waals surface area contributed by atoms with Crippen LogP contribution in [-0.4, -0.2) is 30.9 Å². The van der Waals surface area contributed by atoms with Crippen molar-refractivity contribution in [3.8, 4) is 5.75 Å². The van der Waals surface area contributed by atoms with Gasteiger partial charge in [-0.15, -0.1) is 0 Å². The van der Waals surface area contributed by atoms with Gasteiger partial charge in [0.05, 0.1) is 5.92 Å². The smallest absolute Gasteiger partial charge is 0.262 e. The molecule has 0 radical (unpaired) electrons. The summed E-state index contributed by atoms with van der Waals surface area (Å²) in [6.45, 7) is 2.60. The lowest BCUT2D eigenvalue weighted by molar-refractivity contribution is -0.126. The molecule has 0 spiro atoms. The third kappa shape index (κ3) is 6.39. The van der Waals surface area contributed by atoms with E-state index in [4.69, 9.17) is 16.3 Å². The largest absolute Gasteiger partial charge is 0.484 e. The fourth-order valence-corrected chi connectivity index (χ4v) is 4.00. The molecular formula is C27H26ClN3O4. The highest BCUT2D eigenvalue weighted by molar-refractivity contribution is 6.30. The van der Waals surface area contributed by atoms with E-state index in [1.54, 1.807) is 53.4 Å². The number of nitrogens with one attached hydrogen (secondary N) is 2. The summed E-state index contributed by atoms with van der Waals surface area (Å²) in [7, 11) is 0. The summed E-state index contributed by atoms with van der Waals surface area (Å²) in [5.74, 6) is -0.434. The van der Waals surface area contributed by atoms with E-state index < -0.39 is 5.92 Å². The molecule has 8 heteroatoms. The van der Waals surface area contributed by atoms with Crippen LogP contribution < -0.4 is 20.3 Å². The molecule has 0 aromatic heterocycles. The van der Waals surface area contributed by atoms with Gasteiger partial charge < -0.3 is 20.3 Å². The number of nitrogens with zero attached hydrogens (tertiary/aromatic N) is 1. The molecule has 2 N–H and O–H groups in total. The molecule has 7 nitrogen and oxygen atoms in total. The summed E-state index contributed by atoms with van der Waals surface area (Å²) in [6, 6.07) is 21.6. The topological polar surface area (TPSA) is 87.7 Å². The number of benzene rings is 3. The van der Waals surface area contributed by atoms with Crippen molar-refractivity contribution in [2.45, 2.75) is 19.9 Å². The molecule has 1 heterocycles. The first kappa shape index (κ1) is 24.3. The number of hydrogen-bond donors (Lipinski definition) is 2. The molecule has 3 aromatic rings. The van der Waals surface area contributed by atoms with Crippen molar-refractivity contribution in [3.63, 3.8) is 0 Å². The Labute approximate surface area is 209 Å². The molecule has 1 aliphatic rings. The molecule has 1 atom stereocenters. The quantitative estimate of drug-likeness (QED) is 0.491. The fourth-order valence-electron chi connectivity index (χ4n) is 3.87. The molecule has 0 unspecified atom stereocenters. The van der Waals surface area contributed by atoms with Crippen molar-refractivity contribution in [2.24, 2.45) is 5.92 Å². The summed E-state index contributed by atoms with van der Waals surface area (Å²) in [4.78, 5) is 38.9. The van der Waals surface area contributed by atoms with Crippen LogP contribution in [0.3, 0.4) is 0 Å². The molecule has 0 saturated carbocycles. The Morgan fingerprint density at radius 3 is 2.46 bits per heavy atom. The van der Waals surface area contributed by atoms with Gasteiger partial charge >= 0.3 is 0 Å². The minimum atomic E-state index is -0.404. The van der Waals surface area contributed by atoms with Gasteiger partial charge in [0.15, 0.2) is 6.61 Å². The number of rotatable bonds is 8. The lowest BCUT2D eigenvalue weighted by atomic mass is 10.1. The Hall–Kier alpha value is -3.84. The molecule has 1 fully saturated rings. The van der Waals surface area contributed by atoms with E-state index in [1.807, 2.05) is 31.2 Å². The molecule has 0 bridgehead atoms. The molecule has 35 heavy (non-hydrogen) atoms. The average Bonchev–Trinajstić information content (AvgIpc) is 3.25. The van der Waals surface area contributed by atoms with Crippen LogP contribution in [0.2, 0.25) is 5.02 Å². The van der Waals surface area contributed by atoms with E-state index >= 15 is 0 Å². The lowest BCUT2D eigenvalue weighted by Gasteiger charge is -2.17. The van der Waals surface area contributed by atoms with E-state index in [0.29, 0.717) is 35.2 Å². The van der Waals surface area contributed by atoms with Crippen molar-refractivity contribution < 1.29 is 19.1 Å². The van der Waals surface area contributed by atoms with Crippen LogP contribution in [0, 0.1) is 12.8 Å². The summed E-state index contributed by atoms with van der Waals surface area (Å²) in [6.07, 6.45) is 0.169. The first-order valence-electron chi connectivity index (χ1n) is 11.3. The summed E-state index contributed by atoms with van der Waals surface area (Å²) >= 11 is 5.84. The predicted molar refractivity (Wildman–Crippen MR) is 136 cm³/mol. The van der Waals surface area contributed by atoms with Crippen LogP contribution in [0.25, 0.3) is 0 Å². The van der Waals surface area contributed by atoms with Crippen LogP contribution in [0.5, 0.6) is 5.75 Å². The van der Waals surface area contributed by atoms with Crippen molar-refractivity contribution in [1.29, 1.82) is 0 Å². The third-order valence-electron chi connectivity index (χ3n) is 5.86. The zero-order valence-corrected chi connectivity index (χ0v) is 20.0. The first-order valence-corrected chi connectivity index (χ1v) is 11.7. The number of carbonyl (C=O) groups is 3. The molecule has 1 aliphatic heterocycles. The molecule has 1 saturated heterocycles. The standard InChI is InChI=1S/C27H26ClN3O4/c1-18-4-2-3-5-19(18)15-29-27(34)20-14-26(33)31(16-20)23-10-12-24(13-11-23)35-17-25(32)30-22-8-6-21(28)7-9-22/h2-13,20H,14-17H2,1H3,(H,29,34)(H,30,32)/t20-/m1/s1. The minimum absolute atomic E-state index is 0.1000.